The van der Waals surface area contributed by atoms with Crippen molar-refractivity contribution in [3.05, 3.63) is 23.5 Å². The Morgan fingerprint density at radius 3 is 2.87 bits per heavy atom. The SMILES string of the molecule is CC.CCN1N=CC2CCC(N)=CC=C21. The topological polar surface area (TPSA) is 41.6 Å². The molecule has 1 heterocycles. The van der Waals surface area contributed by atoms with Gasteiger partial charge >= 0.3 is 0 Å². The van der Waals surface area contributed by atoms with Crippen molar-refractivity contribution in [3.8, 4) is 0 Å². The summed E-state index contributed by atoms with van der Waals surface area (Å²) in [4.78, 5) is 0. The normalized spacial score (nSPS) is 23.4. The zero-order valence-electron chi connectivity index (χ0n) is 9.90. The smallest absolute Gasteiger partial charge is 0.0453 e. The number of hydrogen-bond acceptors (Lipinski definition) is 3. The first-order chi connectivity index (χ1) is 7.31. The van der Waals surface area contributed by atoms with Gasteiger partial charge in [0, 0.05) is 30.1 Å². The molecule has 0 aromatic rings. The fourth-order valence-electron chi connectivity index (χ4n) is 1.79. The highest BCUT2D eigenvalue weighted by Gasteiger charge is 2.23. The Morgan fingerprint density at radius 1 is 1.47 bits per heavy atom. The quantitative estimate of drug-likeness (QED) is 0.717. The summed E-state index contributed by atoms with van der Waals surface area (Å²) in [5, 5.41) is 6.38. The van der Waals surface area contributed by atoms with Crippen LogP contribution in [0.3, 0.4) is 0 Å². The van der Waals surface area contributed by atoms with Gasteiger partial charge in [0.2, 0.25) is 0 Å². The van der Waals surface area contributed by atoms with Gasteiger partial charge in [0.15, 0.2) is 0 Å². The van der Waals surface area contributed by atoms with Gasteiger partial charge in [-0.1, -0.05) is 13.8 Å². The van der Waals surface area contributed by atoms with E-state index in [0.29, 0.717) is 5.92 Å². The first-order valence-corrected chi connectivity index (χ1v) is 5.79. The molecule has 1 aliphatic carbocycles. The zero-order valence-corrected chi connectivity index (χ0v) is 9.90. The summed E-state index contributed by atoms with van der Waals surface area (Å²) in [5.74, 6) is 0.484. The maximum atomic E-state index is 5.78. The molecule has 0 saturated carbocycles. The molecule has 84 valence electrons. The Kier molecular flexibility index (Phi) is 4.40. The number of hydrazone groups is 1. The van der Waals surface area contributed by atoms with Gasteiger partial charge < -0.3 is 5.73 Å². The predicted octanol–water partition coefficient (Wildman–Crippen LogP) is 2.47. The van der Waals surface area contributed by atoms with Crippen LogP contribution in [0.1, 0.15) is 33.6 Å². The molecule has 0 spiro atoms. The lowest BCUT2D eigenvalue weighted by Crippen LogP contribution is -2.15. The average molecular weight is 207 g/mol. The van der Waals surface area contributed by atoms with Gasteiger partial charge in [-0.15, -0.1) is 0 Å². The molecule has 0 bridgehead atoms. The molecule has 3 heteroatoms. The Bertz CT molecular complexity index is 279. The molecule has 15 heavy (non-hydrogen) atoms. The van der Waals surface area contributed by atoms with Gasteiger partial charge in [-0.3, -0.25) is 5.01 Å². The van der Waals surface area contributed by atoms with Crippen LogP contribution in [0.5, 0.6) is 0 Å². The van der Waals surface area contributed by atoms with Crippen molar-refractivity contribution in [2.24, 2.45) is 16.8 Å². The molecular weight excluding hydrogens is 186 g/mol. The Morgan fingerprint density at radius 2 is 2.20 bits per heavy atom. The molecule has 1 unspecified atom stereocenters. The van der Waals surface area contributed by atoms with E-state index in [1.807, 2.05) is 31.1 Å². The highest BCUT2D eigenvalue weighted by atomic mass is 15.5. The second kappa shape index (κ2) is 5.59. The minimum Gasteiger partial charge on any atom is -0.402 e. The van der Waals surface area contributed by atoms with Gasteiger partial charge in [0.1, 0.15) is 0 Å². The van der Waals surface area contributed by atoms with E-state index in [-0.39, 0.29) is 0 Å². The monoisotopic (exact) mass is 207 g/mol. The van der Waals surface area contributed by atoms with E-state index in [1.165, 1.54) is 5.70 Å². The summed E-state index contributed by atoms with van der Waals surface area (Å²) < 4.78 is 0. The van der Waals surface area contributed by atoms with Crippen molar-refractivity contribution in [1.29, 1.82) is 0 Å². The number of allylic oxidation sites excluding steroid dienone is 4. The first kappa shape index (κ1) is 11.8. The lowest BCUT2D eigenvalue weighted by Gasteiger charge is -2.16. The molecule has 0 aromatic heterocycles. The van der Waals surface area contributed by atoms with Crippen LogP contribution >= 0.6 is 0 Å². The molecule has 0 radical (unpaired) electrons. The average Bonchev–Trinajstić information content (AvgIpc) is 2.59. The van der Waals surface area contributed by atoms with Crippen molar-refractivity contribution >= 4 is 6.21 Å². The molecule has 0 saturated heterocycles. The number of fused-ring (bicyclic) bond motifs is 1. The fourth-order valence-corrected chi connectivity index (χ4v) is 1.79. The first-order valence-electron chi connectivity index (χ1n) is 5.79. The largest absolute Gasteiger partial charge is 0.402 e. The summed E-state index contributed by atoms with van der Waals surface area (Å²) in [6, 6.07) is 0. The standard InChI is InChI=1S/C10H15N3.C2H6/c1-2-13-10-6-5-9(11)4-3-8(10)7-12-13;1-2/h5-8H,2-4,11H2,1H3;1-2H3. The second-order valence-electron chi connectivity index (χ2n) is 3.46. The third kappa shape index (κ3) is 2.61. The summed E-state index contributed by atoms with van der Waals surface area (Å²) >= 11 is 0. The van der Waals surface area contributed by atoms with Crippen molar-refractivity contribution < 1.29 is 0 Å². The summed E-state index contributed by atoms with van der Waals surface area (Å²) in [6.07, 6.45) is 8.21. The lowest BCUT2D eigenvalue weighted by molar-refractivity contribution is 0.381. The molecule has 0 fully saturated rings. The van der Waals surface area contributed by atoms with Crippen LogP contribution in [0.2, 0.25) is 0 Å². The van der Waals surface area contributed by atoms with Crippen LogP contribution in [0.4, 0.5) is 0 Å². The minimum absolute atomic E-state index is 0.484. The van der Waals surface area contributed by atoms with Gasteiger partial charge in [-0.05, 0) is 31.9 Å². The van der Waals surface area contributed by atoms with E-state index < -0.39 is 0 Å². The van der Waals surface area contributed by atoms with Crippen LogP contribution in [0.25, 0.3) is 0 Å². The van der Waals surface area contributed by atoms with E-state index in [0.717, 1.165) is 25.1 Å². The highest BCUT2D eigenvalue weighted by Crippen LogP contribution is 2.28. The summed E-state index contributed by atoms with van der Waals surface area (Å²) in [5.41, 5.74) is 8.05. The van der Waals surface area contributed by atoms with Gasteiger partial charge in [-0.2, -0.15) is 5.10 Å². The molecule has 0 aromatic carbocycles. The van der Waals surface area contributed by atoms with E-state index in [9.17, 15) is 0 Å². The second-order valence-corrected chi connectivity index (χ2v) is 3.46. The van der Waals surface area contributed by atoms with Gasteiger partial charge in [0.05, 0.1) is 0 Å². The third-order valence-corrected chi connectivity index (χ3v) is 2.58. The number of nitrogens with two attached hydrogens (primary N) is 1. The minimum atomic E-state index is 0.484. The van der Waals surface area contributed by atoms with E-state index in [2.05, 4.69) is 18.1 Å². The molecule has 2 rings (SSSR count). The van der Waals surface area contributed by atoms with Gasteiger partial charge in [-0.25, -0.2) is 0 Å². The molecule has 1 atom stereocenters. The van der Waals surface area contributed by atoms with E-state index in [1.54, 1.807) is 0 Å². The maximum Gasteiger partial charge on any atom is 0.0453 e. The van der Waals surface area contributed by atoms with Crippen molar-refractivity contribution in [3.63, 3.8) is 0 Å². The van der Waals surface area contributed by atoms with Crippen LogP contribution in [-0.4, -0.2) is 17.8 Å². The molecule has 2 N–H and O–H groups in total. The fraction of sp³-hybridized carbons (Fsp3) is 0.583. The number of hydrogen-bond donors (Lipinski definition) is 1. The molecular formula is C12H21N3. The number of rotatable bonds is 1. The van der Waals surface area contributed by atoms with Crippen molar-refractivity contribution in [1.82, 2.24) is 5.01 Å². The summed E-state index contributed by atoms with van der Waals surface area (Å²) in [6.45, 7) is 7.05. The van der Waals surface area contributed by atoms with Crippen LogP contribution in [0.15, 0.2) is 28.6 Å². The van der Waals surface area contributed by atoms with Crippen molar-refractivity contribution in [2.75, 3.05) is 6.54 Å². The highest BCUT2D eigenvalue weighted by molar-refractivity contribution is 5.68. The Balaban J connectivity index is 0.000000531. The third-order valence-electron chi connectivity index (χ3n) is 2.58. The Hall–Kier alpha value is -1.25. The summed E-state index contributed by atoms with van der Waals surface area (Å²) in [7, 11) is 0. The predicted molar refractivity (Wildman–Crippen MR) is 65.3 cm³/mol. The molecule has 2 aliphatic rings. The molecule has 1 aliphatic heterocycles. The zero-order chi connectivity index (χ0) is 11.3. The number of nitrogens with zero attached hydrogens (tertiary/aromatic N) is 2. The molecule has 3 nitrogen and oxygen atoms in total. The maximum absolute atomic E-state index is 5.78. The van der Waals surface area contributed by atoms with Crippen molar-refractivity contribution in [2.45, 2.75) is 33.6 Å². The van der Waals surface area contributed by atoms with Crippen LogP contribution in [0, 0.1) is 5.92 Å². The lowest BCUT2D eigenvalue weighted by atomic mass is 10.0. The van der Waals surface area contributed by atoms with E-state index >= 15 is 0 Å². The van der Waals surface area contributed by atoms with Gasteiger partial charge in [0.25, 0.3) is 0 Å². The Labute approximate surface area is 92.3 Å². The van der Waals surface area contributed by atoms with Crippen LogP contribution < -0.4 is 5.73 Å². The van der Waals surface area contributed by atoms with E-state index in [4.69, 9.17) is 5.73 Å². The van der Waals surface area contributed by atoms with Crippen LogP contribution in [-0.2, 0) is 0 Å². The molecule has 0 amide bonds.